The van der Waals surface area contributed by atoms with E-state index >= 15 is 0 Å². The predicted molar refractivity (Wildman–Crippen MR) is 166 cm³/mol. The number of hydrogen-bond acceptors (Lipinski definition) is 2. The van der Waals surface area contributed by atoms with Crippen molar-refractivity contribution in [2.75, 3.05) is 7.11 Å². The van der Waals surface area contributed by atoms with Crippen LogP contribution < -0.4 is 0 Å². The van der Waals surface area contributed by atoms with Crippen molar-refractivity contribution in [1.82, 2.24) is 0 Å². The van der Waals surface area contributed by atoms with Gasteiger partial charge in [0, 0.05) is 17.7 Å². The third-order valence-electron chi connectivity index (χ3n) is 6.31. The van der Waals surface area contributed by atoms with Crippen LogP contribution in [-0.2, 0) is 6.42 Å². The second-order valence-corrected chi connectivity index (χ2v) is 10.0. The minimum absolute atomic E-state index is 0.0280. The molecule has 0 heterocycles. The number of aliphatic hydroxyl groups is 2. The molecule has 1 aliphatic rings. The Morgan fingerprint density at radius 3 is 2.24 bits per heavy atom. The smallest absolute Gasteiger partial charge is 0.115 e. The van der Waals surface area contributed by atoms with Crippen LogP contribution in [0.4, 0.5) is 0 Å². The van der Waals surface area contributed by atoms with Gasteiger partial charge in [0.2, 0.25) is 0 Å². The van der Waals surface area contributed by atoms with Crippen molar-refractivity contribution >= 4 is 17.2 Å². The van der Waals surface area contributed by atoms with Crippen molar-refractivity contribution in [1.29, 1.82) is 0 Å². The predicted octanol–water partition coefficient (Wildman–Crippen LogP) is 10.4. The van der Waals surface area contributed by atoms with Gasteiger partial charge in [0.15, 0.2) is 0 Å². The summed E-state index contributed by atoms with van der Waals surface area (Å²) in [5.74, 6) is 0.431. The van der Waals surface area contributed by atoms with Crippen LogP contribution in [0, 0.1) is 12.8 Å². The summed E-state index contributed by atoms with van der Waals surface area (Å²) in [5.41, 5.74) is 10.1. The molecule has 204 valence electrons. The second-order valence-electron chi connectivity index (χ2n) is 9.61. The van der Waals surface area contributed by atoms with Gasteiger partial charge in [-0.25, -0.2) is 0 Å². The molecule has 1 aromatic rings. The Hall–Kier alpha value is -2.55. The molecule has 0 aromatic heterocycles. The quantitative estimate of drug-likeness (QED) is 0.262. The largest absolute Gasteiger partial charge is 0.508 e. The van der Waals surface area contributed by atoms with Crippen molar-refractivity contribution in [2.45, 2.75) is 81.1 Å². The molecule has 0 radical (unpaired) electrons. The Labute approximate surface area is 232 Å². The molecule has 3 heteroatoms. The number of rotatable bonds is 8. The Morgan fingerprint density at radius 2 is 1.73 bits per heavy atom. The Morgan fingerprint density at radius 1 is 1.14 bits per heavy atom. The molecule has 0 spiro atoms. The number of aliphatic hydroxyl groups excluding tert-OH is 2. The zero-order valence-electron chi connectivity index (χ0n) is 24.6. The van der Waals surface area contributed by atoms with E-state index in [1.807, 2.05) is 19.1 Å². The second kappa shape index (κ2) is 17.8. The highest BCUT2D eigenvalue weighted by Gasteiger charge is 2.15. The summed E-state index contributed by atoms with van der Waals surface area (Å²) in [4.78, 5) is 0. The van der Waals surface area contributed by atoms with Crippen molar-refractivity contribution < 1.29 is 10.2 Å². The topological polar surface area (TPSA) is 40.5 Å². The van der Waals surface area contributed by atoms with E-state index in [9.17, 15) is 5.11 Å². The van der Waals surface area contributed by atoms with Crippen LogP contribution in [0.1, 0.15) is 84.4 Å². The van der Waals surface area contributed by atoms with Gasteiger partial charge in [0.25, 0.3) is 0 Å². The maximum atomic E-state index is 9.85. The van der Waals surface area contributed by atoms with E-state index in [0.29, 0.717) is 11.5 Å². The summed E-state index contributed by atoms with van der Waals surface area (Å²) in [5, 5.41) is 17.6. The first-order chi connectivity index (χ1) is 17.5. The standard InChI is InChI=1S/C30H37ClO.C3H8.CH4O/c1-9-28(25(8)32)22(5)14-23(6)29-18-30(31)24(7)17-27(29)16-21(4)20(3)15-26-13-11-10-12-19(26)2;1-3-2;1-2/h9-10,12,14-15,17-18,21,32H,5,8,11,13,16H2,1-4,6-7H3;3H2,1-2H3;2H,1H3/b20-15+,23-14+,28-9+;;. The molecule has 1 unspecified atom stereocenters. The molecule has 0 saturated carbocycles. The zero-order valence-corrected chi connectivity index (χ0v) is 25.4. The molecule has 1 aromatic carbocycles. The number of hydrogen-bond donors (Lipinski definition) is 2. The minimum atomic E-state index is 0.0280. The van der Waals surface area contributed by atoms with Crippen LogP contribution >= 0.6 is 11.6 Å². The van der Waals surface area contributed by atoms with E-state index in [0.717, 1.165) is 53.7 Å². The van der Waals surface area contributed by atoms with Gasteiger partial charge in [0.1, 0.15) is 5.76 Å². The average Bonchev–Trinajstić information content (AvgIpc) is 2.84. The van der Waals surface area contributed by atoms with E-state index in [4.69, 9.17) is 16.7 Å². The van der Waals surface area contributed by atoms with E-state index in [-0.39, 0.29) is 5.76 Å². The third kappa shape index (κ3) is 11.2. The SMILES string of the molecule is C=C(O)/C(=C/C)C(=C)/C=C(\C)c1cc(Cl)c(C)cc1CC(C)/C(C)=C/C1=C(C)C=CCC1.CCC.CO. The van der Waals surface area contributed by atoms with Crippen molar-refractivity contribution in [3.63, 3.8) is 0 Å². The monoisotopic (exact) mass is 524 g/mol. The summed E-state index contributed by atoms with van der Waals surface area (Å²) < 4.78 is 0. The highest BCUT2D eigenvalue weighted by atomic mass is 35.5. The first-order valence-corrected chi connectivity index (χ1v) is 13.5. The fraction of sp³-hybridized carbons (Fsp3) is 0.412. The van der Waals surface area contributed by atoms with Gasteiger partial charge >= 0.3 is 0 Å². The minimum Gasteiger partial charge on any atom is -0.508 e. The highest BCUT2D eigenvalue weighted by Crippen LogP contribution is 2.32. The van der Waals surface area contributed by atoms with Gasteiger partial charge in [-0.3, -0.25) is 0 Å². The van der Waals surface area contributed by atoms with Crippen molar-refractivity contribution in [3.8, 4) is 0 Å². The normalized spacial score (nSPS) is 14.8. The molecular weight excluding hydrogens is 476 g/mol. The number of aryl methyl sites for hydroxylation is 1. The molecule has 0 amide bonds. The van der Waals surface area contributed by atoms with E-state index in [1.165, 1.54) is 28.7 Å². The van der Waals surface area contributed by atoms with Crippen molar-refractivity contribution in [2.24, 2.45) is 5.92 Å². The first-order valence-electron chi connectivity index (χ1n) is 13.2. The summed E-state index contributed by atoms with van der Waals surface area (Å²) in [7, 11) is 1.00. The zero-order chi connectivity index (χ0) is 28.7. The van der Waals surface area contributed by atoms with Crippen LogP contribution in [0.5, 0.6) is 0 Å². The van der Waals surface area contributed by atoms with E-state index < -0.39 is 0 Å². The third-order valence-corrected chi connectivity index (χ3v) is 6.71. The number of allylic oxidation sites excluding steroid dienone is 10. The van der Waals surface area contributed by atoms with Gasteiger partial charge in [-0.1, -0.05) is 94.0 Å². The maximum Gasteiger partial charge on any atom is 0.115 e. The van der Waals surface area contributed by atoms with Gasteiger partial charge < -0.3 is 10.2 Å². The van der Waals surface area contributed by atoms with Crippen LogP contribution in [0.3, 0.4) is 0 Å². The summed E-state index contributed by atoms with van der Waals surface area (Å²) >= 11 is 6.51. The molecule has 2 rings (SSSR count). The first kappa shape index (κ1) is 34.5. The van der Waals surface area contributed by atoms with Gasteiger partial charge in [-0.05, 0) is 105 Å². The molecule has 2 N–H and O–H groups in total. The molecule has 0 saturated heterocycles. The van der Waals surface area contributed by atoms with Gasteiger partial charge in [-0.2, -0.15) is 0 Å². The fourth-order valence-electron chi connectivity index (χ4n) is 4.13. The highest BCUT2D eigenvalue weighted by molar-refractivity contribution is 6.31. The lowest BCUT2D eigenvalue weighted by Crippen LogP contribution is -2.06. The van der Waals surface area contributed by atoms with Gasteiger partial charge in [0.05, 0.1) is 0 Å². The lowest BCUT2D eigenvalue weighted by Gasteiger charge is -2.19. The molecule has 37 heavy (non-hydrogen) atoms. The van der Waals surface area contributed by atoms with Crippen LogP contribution in [-0.4, -0.2) is 17.3 Å². The lowest BCUT2D eigenvalue weighted by molar-refractivity contribution is 0.399. The molecular formula is C34H49ClO2. The number of benzene rings is 1. The summed E-state index contributed by atoms with van der Waals surface area (Å²) in [6, 6.07) is 4.26. The van der Waals surface area contributed by atoms with Gasteiger partial charge in [-0.15, -0.1) is 0 Å². The van der Waals surface area contributed by atoms with Crippen LogP contribution in [0.15, 0.2) is 89.3 Å². The van der Waals surface area contributed by atoms with Crippen LogP contribution in [0.2, 0.25) is 5.02 Å². The lowest BCUT2D eigenvalue weighted by atomic mass is 9.86. The summed E-state index contributed by atoms with van der Waals surface area (Å²) in [6.07, 6.45) is 15.1. The van der Waals surface area contributed by atoms with Crippen LogP contribution in [0.25, 0.3) is 5.57 Å². The molecule has 0 fully saturated rings. The average molecular weight is 525 g/mol. The van der Waals surface area contributed by atoms with Crippen molar-refractivity contribution in [3.05, 3.63) is 111 Å². The Bertz CT molecular complexity index is 1080. The molecule has 0 bridgehead atoms. The molecule has 0 aliphatic heterocycles. The van der Waals surface area contributed by atoms with E-state index in [1.54, 1.807) is 0 Å². The molecule has 2 nitrogen and oxygen atoms in total. The maximum absolute atomic E-state index is 9.85. The Kier molecular flexibility index (Phi) is 16.6. The number of halogens is 1. The fourth-order valence-corrected chi connectivity index (χ4v) is 4.29. The van der Waals surface area contributed by atoms with E-state index in [2.05, 4.69) is 92.0 Å². The summed E-state index contributed by atoms with van der Waals surface area (Å²) in [6.45, 7) is 24.7. The molecule has 1 atom stereocenters. The molecule has 1 aliphatic carbocycles. The Balaban J connectivity index is 0.00000241.